The van der Waals surface area contributed by atoms with E-state index in [9.17, 15) is 17.6 Å². The van der Waals surface area contributed by atoms with Crippen LogP contribution in [-0.4, -0.2) is 34.9 Å². The molecule has 8 nitrogen and oxygen atoms in total. The van der Waals surface area contributed by atoms with Crippen LogP contribution in [0.15, 0.2) is 66.2 Å². The molecule has 2 aromatic heterocycles. The summed E-state index contributed by atoms with van der Waals surface area (Å²) in [4.78, 5) is 20.9. The fourth-order valence-electron chi connectivity index (χ4n) is 4.01. The third-order valence-corrected chi connectivity index (χ3v) is 7.45. The van der Waals surface area contributed by atoms with Gasteiger partial charge in [0.1, 0.15) is 22.9 Å². The SMILES string of the molecule is C[C@@H](NC(=O)[C@H]1CC[C@H](NS(=O)(=O)c2ccc(-n3ccnc3)nc2)CC1)c1ccc(F)cc1. The third kappa shape index (κ3) is 5.63. The summed E-state index contributed by atoms with van der Waals surface area (Å²) in [5.41, 5.74) is 0.832. The standard InChI is InChI=1S/C23H26FN5O3S/c1-16(17-2-6-19(24)7-3-17)27-23(30)18-4-8-20(9-5-18)28-33(31,32)21-10-11-22(26-14-21)29-13-12-25-15-29/h2-3,6-7,10-16,18,20,28H,4-5,8-9H2,1H3,(H,27,30)/t16-,18-,20-/m1/s1. The topological polar surface area (TPSA) is 106 Å². The number of nitrogens with zero attached hydrogens (tertiary/aromatic N) is 3. The summed E-state index contributed by atoms with van der Waals surface area (Å²) < 4.78 is 43.1. The predicted molar refractivity (Wildman–Crippen MR) is 120 cm³/mol. The Bertz CT molecular complexity index is 1170. The maximum atomic E-state index is 13.1. The van der Waals surface area contributed by atoms with E-state index in [4.69, 9.17) is 0 Å². The number of benzene rings is 1. The summed E-state index contributed by atoms with van der Waals surface area (Å²) in [5.74, 6) is 0.0213. The molecule has 1 aliphatic rings. The summed E-state index contributed by atoms with van der Waals surface area (Å²) in [6.45, 7) is 1.86. The Morgan fingerprint density at radius 2 is 1.85 bits per heavy atom. The fraction of sp³-hybridized carbons (Fsp3) is 0.348. The van der Waals surface area contributed by atoms with Gasteiger partial charge in [0.2, 0.25) is 15.9 Å². The van der Waals surface area contributed by atoms with E-state index in [-0.39, 0.29) is 34.6 Å². The summed E-state index contributed by atoms with van der Waals surface area (Å²) in [6, 6.07) is 8.73. The number of hydrogen-bond donors (Lipinski definition) is 2. The molecule has 0 saturated heterocycles. The lowest BCUT2D eigenvalue weighted by Gasteiger charge is -2.29. The smallest absolute Gasteiger partial charge is 0.242 e. The molecule has 2 heterocycles. The number of pyridine rings is 1. The van der Waals surface area contributed by atoms with E-state index in [0.29, 0.717) is 31.5 Å². The Balaban J connectivity index is 1.29. The first kappa shape index (κ1) is 23.1. The molecule has 1 aromatic carbocycles. The molecule has 0 radical (unpaired) electrons. The average molecular weight is 472 g/mol. The summed E-state index contributed by atoms with van der Waals surface area (Å²) >= 11 is 0. The van der Waals surface area contributed by atoms with Gasteiger partial charge in [-0.25, -0.2) is 27.5 Å². The van der Waals surface area contributed by atoms with Crippen LogP contribution in [0.3, 0.4) is 0 Å². The van der Waals surface area contributed by atoms with Crippen LogP contribution in [0.5, 0.6) is 0 Å². The Morgan fingerprint density at radius 1 is 1.12 bits per heavy atom. The molecule has 1 aliphatic carbocycles. The summed E-state index contributed by atoms with van der Waals surface area (Å²) in [7, 11) is -3.71. The highest BCUT2D eigenvalue weighted by atomic mass is 32.2. The number of hydrogen-bond acceptors (Lipinski definition) is 5. The highest BCUT2D eigenvalue weighted by molar-refractivity contribution is 7.89. The quantitative estimate of drug-likeness (QED) is 0.551. The predicted octanol–water partition coefficient (Wildman–Crippen LogP) is 3.12. The van der Waals surface area contributed by atoms with E-state index in [1.165, 1.54) is 24.4 Å². The monoisotopic (exact) mass is 471 g/mol. The highest BCUT2D eigenvalue weighted by Gasteiger charge is 2.30. The van der Waals surface area contributed by atoms with Crippen molar-refractivity contribution in [3.8, 4) is 5.82 Å². The zero-order chi connectivity index (χ0) is 23.4. The number of imidazole rings is 1. The Morgan fingerprint density at radius 3 is 2.45 bits per heavy atom. The van der Waals surface area contributed by atoms with Gasteiger partial charge in [0, 0.05) is 30.6 Å². The van der Waals surface area contributed by atoms with Crippen molar-refractivity contribution in [1.29, 1.82) is 0 Å². The summed E-state index contributed by atoms with van der Waals surface area (Å²) in [6.07, 6.45) is 8.58. The van der Waals surface area contributed by atoms with Crippen molar-refractivity contribution < 1.29 is 17.6 Å². The van der Waals surface area contributed by atoms with E-state index < -0.39 is 10.0 Å². The molecular weight excluding hydrogens is 445 g/mol. The van der Waals surface area contributed by atoms with Gasteiger partial charge in [0.15, 0.2) is 0 Å². The van der Waals surface area contributed by atoms with Gasteiger partial charge < -0.3 is 5.32 Å². The number of aromatic nitrogens is 3. The zero-order valence-electron chi connectivity index (χ0n) is 18.2. The molecule has 1 fully saturated rings. The van der Waals surface area contributed by atoms with Crippen molar-refractivity contribution in [2.45, 2.75) is 49.6 Å². The van der Waals surface area contributed by atoms with Crippen molar-refractivity contribution in [3.63, 3.8) is 0 Å². The molecule has 2 N–H and O–H groups in total. The number of carbonyl (C=O) groups is 1. The highest BCUT2D eigenvalue weighted by Crippen LogP contribution is 2.27. The van der Waals surface area contributed by atoms with Crippen molar-refractivity contribution in [1.82, 2.24) is 24.6 Å². The van der Waals surface area contributed by atoms with Crippen LogP contribution in [-0.2, 0) is 14.8 Å². The fourth-order valence-corrected chi connectivity index (χ4v) is 5.26. The number of rotatable bonds is 7. The molecule has 1 atom stereocenters. The van der Waals surface area contributed by atoms with E-state index in [1.807, 2.05) is 6.92 Å². The first-order valence-electron chi connectivity index (χ1n) is 10.8. The number of carbonyl (C=O) groups excluding carboxylic acids is 1. The molecule has 4 rings (SSSR count). The van der Waals surface area contributed by atoms with Gasteiger partial charge in [0.05, 0.1) is 6.04 Å². The van der Waals surface area contributed by atoms with Gasteiger partial charge in [-0.15, -0.1) is 0 Å². The second-order valence-corrected chi connectivity index (χ2v) is 9.99. The minimum atomic E-state index is -3.71. The van der Waals surface area contributed by atoms with Crippen molar-refractivity contribution in [2.75, 3.05) is 0 Å². The number of halogens is 1. The molecule has 10 heteroatoms. The first-order valence-corrected chi connectivity index (χ1v) is 12.3. The van der Waals surface area contributed by atoms with Gasteiger partial charge in [-0.2, -0.15) is 0 Å². The maximum Gasteiger partial charge on any atom is 0.242 e. The van der Waals surface area contributed by atoms with Crippen LogP contribution in [0.25, 0.3) is 5.82 Å². The Hall–Kier alpha value is -3.11. The molecule has 3 aromatic rings. The van der Waals surface area contributed by atoms with Crippen LogP contribution in [0.2, 0.25) is 0 Å². The molecule has 0 spiro atoms. The van der Waals surface area contributed by atoms with Crippen LogP contribution in [0.1, 0.15) is 44.2 Å². The molecule has 1 amide bonds. The van der Waals surface area contributed by atoms with Crippen molar-refractivity contribution >= 4 is 15.9 Å². The molecule has 33 heavy (non-hydrogen) atoms. The van der Waals surface area contributed by atoms with E-state index in [0.717, 1.165) is 5.56 Å². The molecule has 0 bridgehead atoms. The van der Waals surface area contributed by atoms with Crippen molar-refractivity contribution in [2.24, 2.45) is 5.92 Å². The minimum Gasteiger partial charge on any atom is -0.349 e. The zero-order valence-corrected chi connectivity index (χ0v) is 19.0. The third-order valence-electron chi connectivity index (χ3n) is 5.95. The number of sulfonamides is 1. The Kier molecular flexibility index (Phi) is 6.85. The minimum absolute atomic E-state index is 0.0626. The van der Waals surface area contributed by atoms with Crippen LogP contribution >= 0.6 is 0 Å². The average Bonchev–Trinajstić information content (AvgIpc) is 3.35. The second kappa shape index (κ2) is 9.80. The molecule has 174 valence electrons. The lowest BCUT2D eigenvalue weighted by Crippen LogP contribution is -2.41. The van der Waals surface area contributed by atoms with E-state index >= 15 is 0 Å². The lowest BCUT2D eigenvalue weighted by molar-refractivity contribution is -0.126. The van der Waals surface area contributed by atoms with Gasteiger partial charge >= 0.3 is 0 Å². The van der Waals surface area contributed by atoms with Crippen LogP contribution in [0, 0.1) is 11.7 Å². The lowest BCUT2D eigenvalue weighted by atomic mass is 9.85. The largest absolute Gasteiger partial charge is 0.349 e. The van der Waals surface area contributed by atoms with Crippen molar-refractivity contribution in [3.05, 3.63) is 72.7 Å². The van der Waals surface area contributed by atoms with Gasteiger partial charge in [-0.3, -0.25) is 9.36 Å². The van der Waals surface area contributed by atoms with E-state index in [2.05, 4.69) is 20.0 Å². The molecule has 0 unspecified atom stereocenters. The summed E-state index contributed by atoms with van der Waals surface area (Å²) in [5, 5.41) is 2.98. The number of amides is 1. The molecular formula is C23H26FN5O3S. The van der Waals surface area contributed by atoms with Gasteiger partial charge in [-0.05, 0) is 62.4 Å². The normalized spacial score (nSPS) is 19.7. The number of nitrogens with one attached hydrogen (secondary N) is 2. The van der Waals surface area contributed by atoms with Crippen LogP contribution in [0.4, 0.5) is 4.39 Å². The van der Waals surface area contributed by atoms with Gasteiger partial charge in [-0.1, -0.05) is 12.1 Å². The molecule has 1 saturated carbocycles. The maximum absolute atomic E-state index is 13.1. The second-order valence-electron chi connectivity index (χ2n) is 8.27. The molecule has 0 aliphatic heterocycles. The van der Waals surface area contributed by atoms with Crippen LogP contribution < -0.4 is 10.0 Å². The Labute approximate surface area is 192 Å². The van der Waals surface area contributed by atoms with E-state index in [1.54, 1.807) is 41.5 Å². The van der Waals surface area contributed by atoms with Gasteiger partial charge in [0.25, 0.3) is 0 Å². The first-order chi connectivity index (χ1) is 15.8.